The van der Waals surface area contributed by atoms with Crippen molar-refractivity contribution in [2.45, 2.75) is 4.90 Å². The Labute approximate surface area is 169 Å². The molecule has 146 valence electrons. The topological polar surface area (TPSA) is 66.7 Å². The summed E-state index contributed by atoms with van der Waals surface area (Å²) in [6.45, 7) is 3.66. The Kier molecular flexibility index (Phi) is 6.84. The van der Waals surface area contributed by atoms with E-state index in [2.05, 4.69) is 29.2 Å². The first-order valence-electron chi connectivity index (χ1n) is 9.14. The first-order valence-corrected chi connectivity index (χ1v) is 10.4. The number of nitro benzene ring substituents is 1. The van der Waals surface area contributed by atoms with Crippen molar-refractivity contribution < 1.29 is 9.72 Å². The van der Waals surface area contributed by atoms with Crippen LogP contribution in [0.5, 0.6) is 0 Å². The van der Waals surface area contributed by atoms with Crippen LogP contribution in [0.4, 0.5) is 5.69 Å². The zero-order valence-electron chi connectivity index (χ0n) is 15.8. The fourth-order valence-electron chi connectivity index (χ4n) is 3.18. The molecule has 2 aromatic rings. The molecule has 1 aliphatic rings. The van der Waals surface area contributed by atoms with Gasteiger partial charge in [0.25, 0.3) is 11.6 Å². The van der Waals surface area contributed by atoms with Gasteiger partial charge < -0.3 is 4.90 Å². The number of nitro groups is 1. The zero-order chi connectivity index (χ0) is 19.9. The maximum absolute atomic E-state index is 12.7. The molecule has 6 nitrogen and oxygen atoms in total. The molecule has 0 aromatic heterocycles. The fourth-order valence-corrected chi connectivity index (χ4v) is 3.73. The van der Waals surface area contributed by atoms with Gasteiger partial charge in [-0.25, -0.2) is 0 Å². The SMILES string of the molecule is CSc1ccc(C(=O)N2CCN(C/C=C/c3ccccc3)CC2)cc1[N+](=O)[O-]. The van der Waals surface area contributed by atoms with Crippen LogP contribution in [0.1, 0.15) is 15.9 Å². The van der Waals surface area contributed by atoms with Gasteiger partial charge in [-0.15, -0.1) is 11.8 Å². The average Bonchev–Trinajstić information content (AvgIpc) is 2.74. The summed E-state index contributed by atoms with van der Waals surface area (Å²) in [6, 6.07) is 14.9. The highest BCUT2D eigenvalue weighted by Gasteiger charge is 2.24. The van der Waals surface area contributed by atoms with Crippen molar-refractivity contribution in [1.29, 1.82) is 0 Å². The second-order valence-corrected chi connectivity index (χ2v) is 7.40. The summed E-state index contributed by atoms with van der Waals surface area (Å²) >= 11 is 1.31. The quantitative estimate of drug-likeness (QED) is 0.421. The number of piperazine rings is 1. The van der Waals surface area contributed by atoms with Gasteiger partial charge in [0.05, 0.1) is 9.82 Å². The van der Waals surface area contributed by atoms with Crippen molar-refractivity contribution in [3.63, 3.8) is 0 Å². The van der Waals surface area contributed by atoms with Gasteiger partial charge in [0, 0.05) is 44.4 Å². The van der Waals surface area contributed by atoms with Crippen LogP contribution in [0.15, 0.2) is 59.5 Å². The number of nitrogens with zero attached hydrogens (tertiary/aromatic N) is 3. The minimum atomic E-state index is -0.431. The van der Waals surface area contributed by atoms with E-state index in [4.69, 9.17) is 0 Å². The Hall–Kier alpha value is -2.64. The lowest BCUT2D eigenvalue weighted by Crippen LogP contribution is -2.48. The maximum atomic E-state index is 12.7. The third-order valence-electron chi connectivity index (χ3n) is 4.76. The van der Waals surface area contributed by atoms with Crippen molar-refractivity contribution >= 4 is 29.4 Å². The molecule has 1 aliphatic heterocycles. The van der Waals surface area contributed by atoms with Crippen LogP contribution in [0.3, 0.4) is 0 Å². The van der Waals surface area contributed by atoms with Crippen LogP contribution < -0.4 is 0 Å². The smallest absolute Gasteiger partial charge is 0.283 e. The third kappa shape index (κ3) is 4.99. The molecule has 7 heteroatoms. The van der Waals surface area contributed by atoms with E-state index in [0.29, 0.717) is 23.5 Å². The normalized spacial score (nSPS) is 15.1. The molecule has 0 aliphatic carbocycles. The van der Waals surface area contributed by atoms with Gasteiger partial charge in [-0.1, -0.05) is 42.5 Å². The van der Waals surface area contributed by atoms with Gasteiger partial charge in [0.15, 0.2) is 0 Å². The molecule has 1 amide bonds. The molecular formula is C21H23N3O3S. The lowest BCUT2D eigenvalue weighted by Gasteiger charge is -2.34. The Morgan fingerprint density at radius 2 is 1.86 bits per heavy atom. The fraction of sp³-hybridized carbons (Fsp3) is 0.286. The minimum absolute atomic E-state index is 0.0111. The highest BCUT2D eigenvalue weighted by molar-refractivity contribution is 7.98. The summed E-state index contributed by atoms with van der Waals surface area (Å²) in [5.41, 5.74) is 1.54. The monoisotopic (exact) mass is 397 g/mol. The Bertz CT molecular complexity index is 862. The molecule has 28 heavy (non-hydrogen) atoms. The highest BCUT2D eigenvalue weighted by Crippen LogP contribution is 2.28. The van der Waals surface area contributed by atoms with E-state index in [1.54, 1.807) is 23.3 Å². The van der Waals surface area contributed by atoms with Crippen molar-refractivity contribution in [1.82, 2.24) is 9.80 Å². The second kappa shape index (κ2) is 9.52. The standard InChI is InChI=1S/C21H23N3O3S/c1-28-20-10-9-18(16-19(20)24(26)27)21(25)23-14-12-22(13-15-23)11-5-8-17-6-3-2-4-7-17/h2-10,16H,11-15H2,1H3/b8-5+. The average molecular weight is 398 g/mol. The van der Waals surface area contributed by atoms with Gasteiger partial charge in [0.2, 0.25) is 0 Å². The minimum Gasteiger partial charge on any atom is -0.336 e. The number of amides is 1. The number of carbonyl (C=O) groups excluding carboxylic acids is 1. The van der Waals surface area contributed by atoms with Crippen LogP contribution in [0.2, 0.25) is 0 Å². The van der Waals surface area contributed by atoms with Gasteiger partial charge >= 0.3 is 0 Å². The summed E-state index contributed by atoms with van der Waals surface area (Å²) in [4.78, 5) is 28.2. The van der Waals surface area contributed by atoms with Crippen LogP contribution in [0, 0.1) is 10.1 Å². The molecule has 0 saturated carbocycles. The number of benzene rings is 2. The number of hydrogen-bond acceptors (Lipinski definition) is 5. The van der Waals surface area contributed by atoms with Crippen molar-refractivity contribution in [2.75, 3.05) is 39.0 Å². The van der Waals surface area contributed by atoms with E-state index in [1.165, 1.54) is 23.4 Å². The van der Waals surface area contributed by atoms with E-state index < -0.39 is 4.92 Å². The molecule has 0 atom stereocenters. The Balaban J connectivity index is 1.56. The van der Waals surface area contributed by atoms with Gasteiger partial charge in [-0.3, -0.25) is 19.8 Å². The molecule has 0 radical (unpaired) electrons. The molecule has 1 heterocycles. The lowest BCUT2D eigenvalue weighted by molar-refractivity contribution is -0.387. The lowest BCUT2D eigenvalue weighted by atomic mass is 10.1. The summed E-state index contributed by atoms with van der Waals surface area (Å²) in [6.07, 6.45) is 6.02. The van der Waals surface area contributed by atoms with Gasteiger partial charge in [0.1, 0.15) is 0 Å². The summed E-state index contributed by atoms with van der Waals surface area (Å²) in [5, 5.41) is 11.2. The molecule has 0 unspecified atom stereocenters. The molecule has 0 spiro atoms. The van der Waals surface area contributed by atoms with E-state index in [9.17, 15) is 14.9 Å². The van der Waals surface area contributed by atoms with Crippen LogP contribution in [-0.2, 0) is 0 Å². The number of carbonyl (C=O) groups is 1. The van der Waals surface area contributed by atoms with Crippen LogP contribution in [0.25, 0.3) is 6.08 Å². The number of rotatable bonds is 6. The Morgan fingerprint density at radius 1 is 1.14 bits per heavy atom. The van der Waals surface area contributed by atoms with Gasteiger partial charge in [-0.2, -0.15) is 0 Å². The summed E-state index contributed by atoms with van der Waals surface area (Å²) in [7, 11) is 0. The van der Waals surface area contributed by atoms with Gasteiger partial charge in [-0.05, 0) is 24.0 Å². The van der Waals surface area contributed by atoms with Crippen molar-refractivity contribution in [2.24, 2.45) is 0 Å². The van der Waals surface area contributed by atoms with E-state index >= 15 is 0 Å². The van der Waals surface area contributed by atoms with E-state index in [0.717, 1.165) is 19.6 Å². The molecule has 1 fully saturated rings. The molecule has 2 aromatic carbocycles. The van der Waals surface area contributed by atoms with Crippen LogP contribution in [-0.4, -0.2) is 59.6 Å². The third-order valence-corrected chi connectivity index (χ3v) is 5.54. The van der Waals surface area contributed by atoms with Crippen molar-refractivity contribution in [3.05, 3.63) is 75.8 Å². The molecule has 0 bridgehead atoms. The summed E-state index contributed by atoms with van der Waals surface area (Å²) < 4.78 is 0. The molecular weight excluding hydrogens is 374 g/mol. The zero-order valence-corrected chi connectivity index (χ0v) is 16.6. The largest absolute Gasteiger partial charge is 0.336 e. The predicted octanol–water partition coefficient (Wildman–Crippen LogP) is 3.79. The molecule has 1 saturated heterocycles. The summed E-state index contributed by atoms with van der Waals surface area (Å²) in [5.74, 6) is -0.143. The molecule has 0 N–H and O–H groups in total. The Morgan fingerprint density at radius 3 is 2.50 bits per heavy atom. The number of hydrogen-bond donors (Lipinski definition) is 0. The predicted molar refractivity (Wildman–Crippen MR) is 113 cm³/mol. The second-order valence-electron chi connectivity index (χ2n) is 6.55. The van der Waals surface area contributed by atoms with E-state index in [1.807, 2.05) is 18.2 Å². The maximum Gasteiger partial charge on any atom is 0.283 e. The van der Waals surface area contributed by atoms with Crippen molar-refractivity contribution in [3.8, 4) is 0 Å². The van der Waals surface area contributed by atoms with E-state index in [-0.39, 0.29) is 11.6 Å². The highest BCUT2D eigenvalue weighted by atomic mass is 32.2. The first kappa shape index (κ1) is 20.1. The number of thioether (sulfide) groups is 1. The molecule has 3 rings (SSSR count). The first-order chi connectivity index (χ1) is 13.6. The van der Waals surface area contributed by atoms with Crippen LogP contribution >= 0.6 is 11.8 Å².